The summed E-state index contributed by atoms with van der Waals surface area (Å²) in [6.45, 7) is 0.558. The zero-order valence-electron chi connectivity index (χ0n) is 14.0. The standard InChI is InChI=1S/C20H14Cl2O5/c21-11-3-5-13(16(22)8-11)15-10-26-18-9-12(4-6-14(18)19(15)23)27-20(24)17-2-1-7-25-17/h3-6,8-10,17H,1-2,7H2/t17-/m0/s1. The summed E-state index contributed by atoms with van der Waals surface area (Å²) < 4.78 is 16.2. The van der Waals surface area contributed by atoms with E-state index >= 15 is 0 Å². The number of fused-ring (bicyclic) bond motifs is 1. The topological polar surface area (TPSA) is 65.7 Å². The van der Waals surface area contributed by atoms with Crippen LogP contribution in [0.3, 0.4) is 0 Å². The van der Waals surface area contributed by atoms with Crippen molar-refractivity contribution in [2.24, 2.45) is 0 Å². The van der Waals surface area contributed by atoms with Crippen LogP contribution >= 0.6 is 23.2 Å². The summed E-state index contributed by atoms with van der Waals surface area (Å²) in [5.41, 5.74) is 0.933. The summed E-state index contributed by atoms with van der Waals surface area (Å²) in [4.78, 5) is 24.9. The van der Waals surface area contributed by atoms with E-state index < -0.39 is 12.1 Å². The molecule has 27 heavy (non-hydrogen) atoms. The first-order chi connectivity index (χ1) is 13.0. The van der Waals surface area contributed by atoms with E-state index in [0.717, 1.165) is 6.42 Å². The molecule has 3 aromatic rings. The normalized spacial score (nSPS) is 16.6. The first-order valence-corrected chi connectivity index (χ1v) is 9.13. The molecule has 0 N–H and O–H groups in total. The molecular weight excluding hydrogens is 391 g/mol. The molecule has 0 spiro atoms. The molecule has 1 aliphatic rings. The third-order valence-electron chi connectivity index (χ3n) is 4.38. The molecule has 138 valence electrons. The molecule has 0 amide bonds. The van der Waals surface area contributed by atoms with Gasteiger partial charge < -0.3 is 13.9 Å². The van der Waals surface area contributed by atoms with Gasteiger partial charge in [-0.15, -0.1) is 0 Å². The van der Waals surface area contributed by atoms with Gasteiger partial charge in [0.2, 0.25) is 5.43 Å². The van der Waals surface area contributed by atoms with Crippen LogP contribution in [-0.2, 0) is 9.53 Å². The van der Waals surface area contributed by atoms with Crippen LogP contribution in [0, 0.1) is 0 Å². The van der Waals surface area contributed by atoms with E-state index in [1.54, 1.807) is 30.3 Å². The van der Waals surface area contributed by atoms with Crippen molar-refractivity contribution in [2.45, 2.75) is 18.9 Å². The van der Waals surface area contributed by atoms with E-state index in [0.29, 0.717) is 50.9 Å². The Morgan fingerprint density at radius 2 is 1.96 bits per heavy atom. The zero-order chi connectivity index (χ0) is 19.0. The molecule has 5 nitrogen and oxygen atoms in total. The minimum Gasteiger partial charge on any atom is -0.463 e. The van der Waals surface area contributed by atoms with Crippen LogP contribution in [0.1, 0.15) is 12.8 Å². The Hall–Kier alpha value is -2.34. The van der Waals surface area contributed by atoms with Gasteiger partial charge in [0, 0.05) is 23.3 Å². The predicted molar refractivity (Wildman–Crippen MR) is 103 cm³/mol. The Labute approximate surface area is 164 Å². The smallest absolute Gasteiger partial charge is 0.340 e. The number of hydrogen-bond acceptors (Lipinski definition) is 5. The molecule has 0 bridgehead atoms. The molecule has 0 unspecified atom stereocenters. The molecular formula is C20H14Cl2O5. The highest BCUT2D eigenvalue weighted by Gasteiger charge is 2.25. The highest BCUT2D eigenvalue weighted by molar-refractivity contribution is 6.36. The van der Waals surface area contributed by atoms with Crippen molar-refractivity contribution < 1.29 is 18.7 Å². The first-order valence-electron chi connectivity index (χ1n) is 8.37. The van der Waals surface area contributed by atoms with E-state index in [4.69, 9.17) is 37.1 Å². The molecule has 1 aromatic heterocycles. The maximum atomic E-state index is 12.8. The van der Waals surface area contributed by atoms with Gasteiger partial charge >= 0.3 is 5.97 Å². The van der Waals surface area contributed by atoms with Crippen molar-refractivity contribution in [2.75, 3.05) is 6.61 Å². The summed E-state index contributed by atoms with van der Waals surface area (Å²) in [7, 11) is 0. The van der Waals surface area contributed by atoms with E-state index in [9.17, 15) is 9.59 Å². The highest BCUT2D eigenvalue weighted by Crippen LogP contribution is 2.30. The molecule has 2 aromatic carbocycles. The molecule has 0 aliphatic carbocycles. The third-order valence-corrected chi connectivity index (χ3v) is 4.93. The number of carbonyl (C=O) groups is 1. The van der Waals surface area contributed by atoms with Gasteiger partial charge in [-0.3, -0.25) is 4.79 Å². The molecule has 1 saturated heterocycles. The largest absolute Gasteiger partial charge is 0.463 e. The lowest BCUT2D eigenvalue weighted by atomic mass is 10.1. The van der Waals surface area contributed by atoms with Crippen LogP contribution in [0.25, 0.3) is 22.1 Å². The number of halogens is 2. The van der Waals surface area contributed by atoms with Crippen molar-refractivity contribution >= 4 is 40.1 Å². The van der Waals surface area contributed by atoms with Crippen LogP contribution in [0.5, 0.6) is 5.75 Å². The molecule has 0 radical (unpaired) electrons. The second-order valence-electron chi connectivity index (χ2n) is 6.18. The lowest BCUT2D eigenvalue weighted by molar-refractivity contribution is -0.144. The highest BCUT2D eigenvalue weighted by atomic mass is 35.5. The number of hydrogen-bond donors (Lipinski definition) is 0. The van der Waals surface area contributed by atoms with Gasteiger partial charge in [-0.1, -0.05) is 29.3 Å². The van der Waals surface area contributed by atoms with Crippen molar-refractivity contribution in [3.05, 3.63) is 62.9 Å². The minimum absolute atomic E-state index is 0.238. The van der Waals surface area contributed by atoms with Gasteiger partial charge in [0.05, 0.1) is 16.0 Å². The summed E-state index contributed by atoms with van der Waals surface area (Å²) in [6.07, 6.45) is 2.28. The lowest BCUT2D eigenvalue weighted by Crippen LogP contribution is -2.24. The summed E-state index contributed by atoms with van der Waals surface area (Å²) in [5, 5.41) is 1.19. The monoisotopic (exact) mass is 404 g/mol. The number of carbonyl (C=O) groups excluding carboxylic acids is 1. The van der Waals surface area contributed by atoms with Gasteiger partial charge in [-0.2, -0.15) is 0 Å². The molecule has 4 rings (SSSR count). The van der Waals surface area contributed by atoms with Crippen LogP contribution < -0.4 is 10.2 Å². The minimum atomic E-state index is -0.540. The fourth-order valence-corrected chi connectivity index (χ4v) is 3.52. The fourth-order valence-electron chi connectivity index (χ4n) is 3.01. The first kappa shape index (κ1) is 18.0. The zero-order valence-corrected chi connectivity index (χ0v) is 15.5. The van der Waals surface area contributed by atoms with Crippen LogP contribution in [0.4, 0.5) is 0 Å². The van der Waals surface area contributed by atoms with Crippen LogP contribution in [0.2, 0.25) is 10.0 Å². The predicted octanol–water partition coefficient (Wildman–Crippen LogP) is 4.85. The molecule has 1 fully saturated rings. The molecule has 2 heterocycles. The second kappa shape index (κ2) is 7.35. The summed E-state index contributed by atoms with van der Waals surface area (Å²) in [5.74, 6) is -0.151. The van der Waals surface area contributed by atoms with Crippen molar-refractivity contribution in [3.63, 3.8) is 0 Å². The number of benzene rings is 2. The maximum absolute atomic E-state index is 12.8. The average Bonchev–Trinajstić information content (AvgIpc) is 3.18. The molecule has 1 aliphatic heterocycles. The summed E-state index contributed by atoms with van der Waals surface area (Å²) >= 11 is 12.1. The van der Waals surface area contributed by atoms with Gasteiger partial charge in [0.1, 0.15) is 17.6 Å². The Morgan fingerprint density at radius 3 is 2.70 bits per heavy atom. The quantitative estimate of drug-likeness (QED) is 0.460. The van der Waals surface area contributed by atoms with E-state index in [1.807, 2.05) is 0 Å². The van der Waals surface area contributed by atoms with Crippen molar-refractivity contribution in [1.82, 2.24) is 0 Å². The Balaban J connectivity index is 1.68. The summed E-state index contributed by atoms with van der Waals surface area (Å²) in [6, 6.07) is 9.51. The number of esters is 1. The van der Waals surface area contributed by atoms with E-state index in [-0.39, 0.29) is 5.43 Å². The van der Waals surface area contributed by atoms with Crippen LogP contribution in [-0.4, -0.2) is 18.7 Å². The van der Waals surface area contributed by atoms with Gasteiger partial charge in [-0.25, -0.2) is 4.79 Å². The van der Waals surface area contributed by atoms with Gasteiger partial charge in [0.15, 0.2) is 6.10 Å². The average molecular weight is 405 g/mol. The second-order valence-corrected chi connectivity index (χ2v) is 7.03. The molecule has 1 atom stereocenters. The molecule has 0 saturated carbocycles. The Morgan fingerprint density at radius 1 is 1.11 bits per heavy atom. The van der Waals surface area contributed by atoms with Crippen LogP contribution in [0.15, 0.2) is 51.9 Å². The SMILES string of the molecule is O=C(Oc1ccc2c(=O)c(-c3ccc(Cl)cc3Cl)coc2c1)[C@@H]1CCCO1. The lowest BCUT2D eigenvalue weighted by Gasteiger charge is -2.10. The van der Waals surface area contributed by atoms with Gasteiger partial charge in [0.25, 0.3) is 0 Å². The van der Waals surface area contributed by atoms with Crippen molar-refractivity contribution in [1.29, 1.82) is 0 Å². The Bertz CT molecular complexity index is 1080. The Kier molecular flexibility index (Phi) is 4.91. The fraction of sp³-hybridized carbons (Fsp3) is 0.200. The number of ether oxygens (including phenoxy) is 2. The maximum Gasteiger partial charge on any atom is 0.340 e. The van der Waals surface area contributed by atoms with Gasteiger partial charge in [-0.05, 0) is 37.1 Å². The van der Waals surface area contributed by atoms with E-state index in [1.165, 1.54) is 12.3 Å². The van der Waals surface area contributed by atoms with Crippen molar-refractivity contribution in [3.8, 4) is 16.9 Å². The van der Waals surface area contributed by atoms with E-state index in [2.05, 4.69) is 0 Å². The number of rotatable bonds is 3. The third kappa shape index (κ3) is 3.58. The molecule has 7 heteroatoms.